The molecule has 0 bridgehead atoms. The van der Waals surface area contributed by atoms with Crippen LogP contribution in [0, 0.1) is 0 Å². The summed E-state index contributed by atoms with van der Waals surface area (Å²) >= 11 is 5.96. The quantitative estimate of drug-likeness (QED) is 0.811. The Hall–Kier alpha value is -2.53. The van der Waals surface area contributed by atoms with E-state index in [0.717, 1.165) is 0 Å². The van der Waals surface area contributed by atoms with Crippen molar-refractivity contribution in [3.05, 3.63) is 53.6 Å². The van der Waals surface area contributed by atoms with Crippen LogP contribution in [0.5, 0.6) is 11.5 Å². The van der Waals surface area contributed by atoms with E-state index in [9.17, 15) is 9.59 Å². The van der Waals surface area contributed by atoms with Crippen molar-refractivity contribution in [1.29, 1.82) is 0 Å². The maximum absolute atomic E-state index is 11.9. The molecule has 0 aromatic heterocycles. The van der Waals surface area contributed by atoms with Gasteiger partial charge in [-0.3, -0.25) is 9.59 Å². The number of anilines is 1. The largest absolute Gasteiger partial charge is 0.456 e. The maximum atomic E-state index is 11.9. The van der Waals surface area contributed by atoms with Gasteiger partial charge in [-0.05, 0) is 30.3 Å². The molecule has 0 fully saturated rings. The fraction of sp³-hybridized carbons (Fsp3) is 0.176. The number of carbonyl (C=O) groups is 2. The van der Waals surface area contributed by atoms with E-state index in [0.29, 0.717) is 22.2 Å². The lowest BCUT2D eigenvalue weighted by molar-refractivity contribution is -0.146. The molecule has 0 saturated carbocycles. The van der Waals surface area contributed by atoms with Crippen LogP contribution in [-0.4, -0.2) is 18.5 Å². The van der Waals surface area contributed by atoms with Crippen molar-refractivity contribution in [2.75, 3.05) is 11.9 Å². The molecule has 1 N–H and O–H groups in total. The van der Waals surface area contributed by atoms with Crippen LogP contribution in [0.2, 0.25) is 5.02 Å². The van der Waals surface area contributed by atoms with Crippen molar-refractivity contribution in [3.8, 4) is 11.5 Å². The van der Waals surface area contributed by atoms with Crippen LogP contribution in [0.25, 0.3) is 0 Å². The number of carbonyl (C=O) groups excluding carboxylic acids is 2. The first-order valence-corrected chi connectivity index (χ1v) is 7.44. The average Bonchev–Trinajstić information content (AvgIpc) is 2.56. The molecule has 0 heterocycles. The molecule has 120 valence electrons. The van der Waals surface area contributed by atoms with Crippen molar-refractivity contribution in [2.45, 2.75) is 13.3 Å². The van der Waals surface area contributed by atoms with Gasteiger partial charge in [0, 0.05) is 11.4 Å². The summed E-state index contributed by atoms with van der Waals surface area (Å²) in [5.41, 5.74) is 0.402. The van der Waals surface area contributed by atoms with Crippen LogP contribution in [-0.2, 0) is 14.3 Å². The Labute approximate surface area is 139 Å². The molecule has 0 aliphatic heterocycles. The second kappa shape index (κ2) is 8.19. The predicted octanol–water partition coefficient (Wildman–Crippen LogP) is 4.02. The molecule has 0 saturated heterocycles. The topological polar surface area (TPSA) is 64.6 Å². The first kappa shape index (κ1) is 16.8. The van der Waals surface area contributed by atoms with Crippen LogP contribution < -0.4 is 10.1 Å². The normalized spacial score (nSPS) is 10.0. The lowest BCUT2D eigenvalue weighted by Gasteiger charge is -2.13. The minimum atomic E-state index is -0.466. The van der Waals surface area contributed by atoms with Crippen molar-refractivity contribution < 1.29 is 19.1 Å². The molecule has 23 heavy (non-hydrogen) atoms. The van der Waals surface area contributed by atoms with Crippen molar-refractivity contribution in [3.63, 3.8) is 0 Å². The fourth-order valence-corrected chi connectivity index (χ4v) is 1.91. The minimum absolute atomic E-state index is 0.215. The summed E-state index contributed by atoms with van der Waals surface area (Å²) < 4.78 is 10.5. The zero-order valence-electron chi connectivity index (χ0n) is 12.5. The van der Waals surface area contributed by atoms with E-state index in [2.05, 4.69) is 5.32 Å². The van der Waals surface area contributed by atoms with Gasteiger partial charge < -0.3 is 14.8 Å². The van der Waals surface area contributed by atoms with Crippen molar-refractivity contribution >= 4 is 29.2 Å². The molecule has 0 aliphatic rings. The summed E-state index contributed by atoms with van der Waals surface area (Å²) in [6.07, 6.45) is 0.215. The first-order valence-electron chi connectivity index (χ1n) is 7.06. The standard InChI is InChI=1S/C17H16ClNO4/c1-2-17(21)22-11-16(20)19-14-10-12(18)8-9-15(14)23-13-6-4-3-5-7-13/h3-10H,2,11H2,1H3,(H,19,20). The van der Waals surface area contributed by atoms with E-state index >= 15 is 0 Å². The third-order valence-electron chi connectivity index (χ3n) is 2.84. The summed E-state index contributed by atoms with van der Waals surface area (Å²) in [7, 11) is 0. The average molecular weight is 334 g/mol. The highest BCUT2D eigenvalue weighted by atomic mass is 35.5. The number of halogens is 1. The molecule has 6 heteroatoms. The highest BCUT2D eigenvalue weighted by Crippen LogP contribution is 2.31. The number of hydrogen-bond acceptors (Lipinski definition) is 4. The lowest BCUT2D eigenvalue weighted by Crippen LogP contribution is -2.20. The molecule has 0 unspecified atom stereocenters. The number of ether oxygens (including phenoxy) is 2. The maximum Gasteiger partial charge on any atom is 0.306 e. The van der Waals surface area contributed by atoms with Crippen LogP contribution >= 0.6 is 11.6 Å². The number of esters is 1. The zero-order chi connectivity index (χ0) is 16.7. The number of benzene rings is 2. The Morgan fingerprint density at radius 2 is 1.87 bits per heavy atom. The second-order valence-electron chi connectivity index (χ2n) is 4.62. The van der Waals surface area contributed by atoms with E-state index in [-0.39, 0.29) is 13.0 Å². The van der Waals surface area contributed by atoms with Gasteiger partial charge in [0.05, 0.1) is 5.69 Å². The molecule has 2 aromatic carbocycles. The summed E-state index contributed by atoms with van der Waals surface area (Å²) in [4.78, 5) is 22.9. The number of para-hydroxylation sites is 1. The number of amides is 1. The third-order valence-corrected chi connectivity index (χ3v) is 3.07. The Morgan fingerprint density at radius 3 is 2.57 bits per heavy atom. The monoisotopic (exact) mass is 333 g/mol. The second-order valence-corrected chi connectivity index (χ2v) is 5.05. The molecule has 0 aliphatic carbocycles. The van der Waals surface area contributed by atoms with Crippen LogP contribution in [0.15, 0.2) is 48.5 Å². The van der Waals surface area contributed by atoms with E-state index in [1.807, 2.05) is 18.2 Å². The van der Waals surface area contributed by atoms with E-state index in [1.165, 1.54) is 0 Å². The SMILES string of the molecule is CCC(=O)OCC(=O)Nc1cc(Cl)ccc1Oc1ccccc1. The Morgan fingerprint density at radius 1 is 1.13 bits per heavy atom. The van der Waals surface area contributed by atoms with Gasteiger partial charge in [-0.25, -0.2) is 0 Å². The van der Waals surface area contributed by atoms with Crippen molar-refractivity contribution in [1.82, 2.24) is 0 Å². The first-order chi connectivity index (χ1) is 11.1. The van der Waals surface area contributed by atoms with E-state index in [1.54, 1.807) is 37.3 Å². The van der Waals surface area contributed by atoms with E-state index in [4.69, 9.17) is 21.1 Å². The molecule has 0 atom stereocenters. The van der Waals surface area contributed by atoms with Gasteiger partial charge >= 0.3 is 5.97 Å². The molecule has 5 nitrogen and oxygen atoms in total. The van der Waals surface area contributed by atoms with Gasteiger partial charge in [0.1, 0.15) is 5.75 Å². The third kappa shape index (κ3) is 5.30. The Balaban J connectivity index is 2.09. The number of hydrogen-bond donors (Lipinski definition) is 1. The zero-order valence-corrected chi connectivity index (χ0v) is 13.3. The summed E-state index contributed by atoms with van der Waals surface area (Å²) in [6.45, 7) is 1.30. The Bertz CT molecular complexity index is 688. The van der Waals surface area contributed by atoms with Gasteiger partial charge in [-0.2, -0.15) is 0 Å². The van der Waals surface area contributed by atoms with Gasteiger partial charge in [0.15, 0.2) is 12.4 Å². The Kier molecular flexibility index (Phi) is 6.00. The summed E-state index contributed by atoms with van der Waals surface area (Å²) in [5.74, 6) is 0.164. The van der Waals surface area contributed by atoms with Gasteiger partial charge in [0.2, 0.25) is 0 Å². The van der Waals surface area contributed by atoms with Gasteiger partial charge in [0.25, 0.3) is 5.91 Å². The van der Waals surface area contributed by atoms with Gasteiger partial charge in [-0.15, -0.1) is 0 Å². The molecule has 1 amide bonds. The fourth-order valence-electron chi connectivity index (χ4n) is 1.74. The predicted molar refractivity (Wildman–Crippen MR) is 87.8 cm³/mol. The molecular weight excluding hydrogens is 318 g/mol. The van der Waals surface area contributed by atoms with Crippen molar-refractivity contribution in [2.24, 2.45) is 0 Å². The highest BCUT2D eigenvalue weighted by molar-refractivity contribution is 6.31. The molecule has 0 radical (unpaired) electrons. The number of nitrogens with one attached hydrogen (secondary N) is 1. The summed E-state index contributed by atoms with van der Waals surface area (Å²) in [5, 5.41) is 3.08. The molecule has 2 aromatic rings. The van der Waals surface area contributed by atoms with Crippen LogP contribution in [0.3, 0.4) is 0 Å². The lowest BCUT2D eigenvalue weighted by atomic mass is 10.2. The molecule has 2 rings (SSSR count). The summed E-state index contributed by atoms with van der Waals surface area (Å²) in [6, 6.07) is 14.0. The van der Waals surface area contributed by atoms with E-state index < -0.39 is 11.9 Å². The smallest absolute Gasteiger partial charge is 0.306 e. The molecule has 0 spiro atoms. The van der Waals surface area contributed by atoms with Gasteiger partial charge in [-0.1, -0.05) is 36.7 Å². The molecular formula is C17H16ClNO4. The number of rotatable bonds is 6. The van der Waals surface area contributed by atoms with Crippen LogP contribution in [0.1, 0.15) is 13.3 Å². The minimum Gasteiger partial charge on any atom is -0.456 e. The van der Waals surface area contributed by atoms with Crippen LogP contribution in [0.4, 0.5) is 5.69 Å². The highest BCUT2D eigenvalue weighted by Gasteiger charge is 2.11.